The molecular weight excluding hydrogens is 122 g/mol. The smallest absolute Gasteiger partial charge is 0.0124 e. The van der Waals surface area contributed by atoms with E-state index in [1.165, 1.54) is 25.9 Å². The normalized spacial score (nSPS) is 48.0. The molecule has 0 spiro atoms. The van der Waals surface area contributed by atoms with E-state index < -0.39 is 0 Å². The van der Waals surface area contributed by atoms with Gasteiger partial charge in [0.25, 0.3) is 0 Å². The van der Waals surface area contributed by atoms with E-state index in [1.54, 1.807) is 0 Å². The van der Waals surface area contributed by atoms with Crippen molar-refractivity contribution in [1.82, 2.24) is 4.90 Å². The summed E-state index contributed by atoms with van der Waals surface area (Å²) in [5.74, 6) is 1.94. The maximum atomic E-state index is 2.68. The minimum atomic E-state index is 0.954. The maximum Gasteiger partial charge on any atom is 0.0124 e. The van der Waals surface area contributed by atoms with Crippen LogP contribution in [0.4, 0.5) is 0 Å². The van der Waals surface area contributed by atoms with Gasteiger partial charge >= 0.3 is 0 Å². The van der Waals surface area contributed by atoms with Crippen molar-refractivity contribution in [1.29, 1.82) is 0 Å². The molecular formula is C9H17N. The molecule has 1 nitrogen and oxygen atoms in total. The summed E-state index contributed by atoms with van der Waals surface area (Å²) in [7, 11) is 0. The Labute approximate surface area is 63.4 Å². The quantitative estimate of drug-likeness (QED) is 0.494. The standard InChI is InChI=1S/C9H17N/c1-7-5-9-8(2)3-4-10(9)6-7/h7-9H,3-6H2,1-2H3. The Kier molecular flexibility index (Phi) is 1.48. The Morgan fingerprint density at radius 3 is 2.80 bits per heavy atom. The predicted molar refractivity (Wildman–Crippen MR) is 42.9 cm³/mol. The highest BCUT2D eigenvalue weighted by molar-refractivity contribution is 4.91. The van der Waals surface area contributed by atoms with Crippen molar-refractivity contribution in [2.45, 2.75) is 32.7 Å². The summed E-state index contributed by atoms with van der Waals surface area (Å²) in [6.45, 7) is 7.53. The highest BCUT2D eigenvalue weighted by Crippen LogP contribution is 2.34. The van der Waals surface area contributed by atoms with E-state index in [2.05, 4.69) is 18.7 Å². The first kappa shape index (κ1) is 6.66. The van der Waals surface area contributed by atoms with Crippen LogP contribution in [0.3, 0.4) is 0 Å². The van der Waals surface area contributed by atoms with Gasteiger partial charge in [-0.2, -0.15) is 0 Å². The van der Waals surface area contributed by atoms with Crippen LogP contribution in [0.15, 0.2) is 0 Å². The molecule has 58 valence electrons. The zero-order valence-electron chi connectivity index (χ0n) is 7.01. The number of rotatable bonds is 0. The van der Waals surface area contributed by atoms with Crippen LogP contribution in [0.1, 0.15) is 26.7 Å². The molecule has 3 atom stereocenters. The van der Waals surface area contributed by atoms with Crippen LogP contribution in [0.5, 0.6) is 0 Å². The molecule has 2 fully saturated rings. The van der Waals surface area contributed by atoms with Crippen LogP contribution < -0.4 is 0 Å². The Morgan fingerprint density at radius 1 is 1.30 bits per heavy atom. The van der Waals surface area contributed by atoms with Crippen LogP contribution in [0, 0.1) is 11.8 Å². The molecule has 0 radical (unpaired) electrons. The number of hydrogen-bond acceptors (Lipinski definition) is 1. The topological polar surface area (TPSA) is 3.24 Å². The Balaban J connectivity index is 2.05. The van der Waals surface area contributed by atoms with E-state index in [0.29, 0.717) is 0 Å². The van der Waals surface area contributed by atoms with E-state index in [1.807, 2.05) is 0 Å². The fraction of sp³-hybridized carbons (Fsp3) is 1.00. The van der Waals surface area contributed by atoms with Crippen LogP contribution >= 0.6 is 0 Å². The van der Waals surface area contributed by atoms with Gasteiger partial charge in [0.15, 0.2) is 0 Å². The molecule has 2 aliphatic rings. The van der Waals surface area contributed by atoms with E-state index in [9.17, 15) is 0 Å². The van der Waals surface area contributed by atoms with Gasteiger partial charge in [-0.3, -0.25) is 4.90 Å². The van der Waals surface area contributed by atoms with Crippen molar-refractivity contribution >= 4 is 0 Å². The molecule has 2 heterocycles. The van der Waals surface area contributed by atoms with Gasteiger partial charge in [0.1, 0.15) is 0 Å². The number of fused-ring (bicyclic) bond motifs is 1. The molecule has 0 N–H and O–H groups in total. The highest BCUT2D eigenvalue weighted by Gasteiger charge is 2.37. The van der Waals surface area contributed by atoms with Gasteiger partial charge in [-0.05, 0) is 31.2 Å². The largest absolute Gasteiger partial charge is 0.300 e. The van der Waals surface area contributed by atoms with Crippen molar-refractivity contribution < 1.29 is 0 Å². The molecule has 0 bridgehead atoms. The lowest BCUT2D eigenvalue weighted by molar-refractivity contribution is 0.296. The summed E-state index contributed by atoms with van der Waals surface area (Å²) < 4.78 is 0. The van der Waals surface area contributed by atoms with E-state index in [-0.39, 0.29) is 0 Å². The van der Waals surface area contributed by atoms with Gasteiger partial charge in [-0.15, -0.1) is 0 Å². The van der Waals surface area contributed by atoms with Crippen molar-refractivity contribution in [3.8, 4) is 0 Å². The lowest BCUT2D eigenvalue weighted by Crippen LogP contribution is -2.24. The average Bonchev–Trinajstić information content (AvgIpc) is 2.35. The minimum absolute atomic E-state index is 0.954. The van der Waals surface area contributed by atoms with Crippen molar-refractivity contribution in [2.75, 3.05) is 13.1 Å². The summed E-state index contributed by atoms with van der Waals surface area (Å²) in [5.41, 5.74) is 0. The molecule has 3 unspecified atom stereocenters. The van der Waals surface area contributed by atoms with Gasteiger partial charge in [0, 0.05) is 12.6 Å². The maximum absolute atomic E-state index is 2.68. The van der Waals surface area contributed by atoms with Crippen LogP contribution in [0.2, 0.25) is 0 Å². The second-order valence-electron chi connectivity index (χ2n) is 4.17. The Bertz CT molecular complexity index is 133. The van der Waals surface area contributed by atoms with Gasteiger partial charge in [0.05, 0.1) is 0 Å². The molecule has 2 saturated heterocycles. The Morgan fingerprint density at radius 2 is 2.10 bits per heavy atom. The van der Waals surface area contributed by atoms with Gasteiger partial charge in [0.2, 0.25) is 0 Å². The second-order valence-corrected chi connectivity index (χ2v) is 4.17. The fourth-order valence-corrected chi connectivity index (χ4v) is 2.58. The third-order valence-electron chi connectivity index (χ3n) is 3.19. The zero-order chi connectivity index (χ0) is 7.14. The first-order valence-electron chi connectivity index (χ1n) is 4.51. The molecule has 0 amide bonds. The second kappa shape index (κ2) is 2.23. The third-order valence-corrected chi connectivity index (χ3v) is 3.19. The average molecular weight is 139 g/mol. The van der Waals surface area contributed by atoms with Gasteiger partial charge in [-0.25, -0.2) is 0 Å². The summed E-state index contributed by atoms with van der Waals surface area (Å²) in [5, 5.41) is 0. The molecule has 2 aliphatic heterocycles. The van der Waals surface area contributed by atoms with E-state index in [4.69, 9.17) is 0 Å². The molecule has 0 aromatic rings. The first-order valence-corrected chi connectivity index (χ1v) is 4.51. The van der Waals surface area contributed by atoms with Crippen LogP contribution in [0.25, 0.3) is 0 Å². The molecule has 1 heteroatoms. The van der Waals surface area contributed by atoms with Crippen LogP contribution in [-0.2, 0) is 0 Å². The van der Waals surface area contributed by atoms with E-state index in [0.717, 1.165) is 17.9 Å². The molecule has 10 heavy (non-hydrogen) atoms. The van der Waals surface area contributed by atoms with Crippen LogP contribution in [-0.4, -0.2) is 24.0 Å². The monoisotopic (exact) mass is 139 g/mol. The van der Waals surface area contributed by atoms with Crippen molar-refractivity contribution in [3.05, 3.63) is 0 Å². The molecule has 0 aromatic carbocycles. The summed E-state index contributed by atoms with van der Waals surface area (Å²) in [6, 6.07) is 0.954. The zero-order valence-corrected chi connectivity index (χ0v) is 7.01. The van der Waals surface area contributed by atoms with E-state index >= 15 is 0 Å². The highest BCUT2D eigenvalue weighted by atomic mass is 15.2. The van der Waals surface area contributed by atoms with Crippen molar-refractivity contribution in [2.24, 2.45) is 11.8 Å². The first-order chi connectivity index (χ1) is 4.77. The summed E-state index contributed by atoms with van der Waals surface area (Å²) in [4.78, 5) is 2.68. The van der Waals surface area contributed by atoms with Gasteiger partial charge in [-0.1, -0.05) is 13.8 Å². The lowest BCUT2D eigenvalue weighted by atomic mass is 9.97. The lowest BCUT2D eigenvalue weighted by Gasteiger charge is -2.15. The predicted octanol–water partition coefficient (Wildman–Crippen LogP) is 1.74. The fourth-order valence-electron chi connectivity index (χ4n) is 2.58. The summed E-state index contributed by atoms with van der Waals surface area (Å²) >= 11 is 0. The Hall–Kier alpha value is -0.0400. The SMILES string of the molecule is CC1CC2C(C)CCN2C1. The molecule has 2 rings (SSSR count). The number of hydrogen-bond donors (Lipinski definition) is 0. The van der Waals surface area contributed by atoms with Crippen molar-refractivity contribution in [3.63, 3.8) is 0 Å². The molecule has 0 aromatic heterocycles. The van der Waals surface area contributed by atoms with Gasteiger partial charge < -0.3 is 0 Å². The third kappa shape index (κ3) is 0.878. The summed E-state index contributed by atoms with van der Waals surface area (Å²) in [6.07, 6.45) is 2.90. The molecule has 0 aliphatic carbocycles. The molecule has 0 saturated carbocycles. The number of nitrogens with zero attached hydrogens (tertiary/aromatic N) is 1. The minimum Gasteiger partial charge on any atom is -0.300 e.